The molecule has 1 aromatic heterocycles. The van der Waals surface area contributed by atoms with E-state index >= 15 is 0 Å². The molecule has 4 nitrogen and oxygen atoms in total. The van der Waals surface area contributed by atoms with Crippen molar-refractivity contribution in [2.75, 3.05) is 5.73 Å². The third kappa shape index (κ3) is 2.68. The molecule has 1 heterocycles. The SMILES string of the molecule is N=Cc1c(N)ccc2nc(-c3ccc(C=O)cc3)c3c(c12)CCCCC3. The Hall–Kier alpha value is -3.01. The summed E-state index contributed by atoms with van der Waals surface area (Å²) in [6, 6.07) is 11.4. The molecule has 4 rings (SSSR count). The van der Waals surface area contributed by atoms with Crippen LogP contribution in [0.25, 0.3) is 22.2 Å². The highest BCUT2D eigenvalue weighted by atomic mass is 16.1. The minimum Gasteiger partial charge on any atom is -0.398 e. The highest BCUT2D eigenvalue weighted by Gasteiger charge is 2.20. The summed E-state index contributed by atoms with van der Waals surface area (Å²) in [6.45, 7) is 0. The zero-order chi connectivity index (χ0) is 18.1. The number of benzene rings is 2. The highest BCUT2D eigenvalue weighted by Crippen LogP contribution is 2.36. The summed E-state index contributed by atoms with van der Waals surface area (Å²) in [5.74, 6) is 0. The molecule has 0 bridgehead atoms. The van der Waals surface area contributed by atoms with Gasteiger partial charge in [-0.25, -0.2) is 4.98 Å². The zero-order valence-corrected chi connectivity index (χ0v) is 14.6. The molecule has 0 saturated carbocycles. The first-order valence-corrected chi connectivity index (χ1v) is 9.03. The lowest BCUT2D eigenvalue weighted by molar-refractivity contribution is 0.112. The molecule has 4 heteroatoms. The van der Waals surface area contributed by atoms with Gasteiger partial charge in [0.1, 0.15) is 6.29 Å². The van der Waals surface area contributed by atoms with Gasteiger partial charge in [-0.15, -0.1) is 0 Å². The molecule has 0 aliphatic heterocycles. The molecular weight excluding hydrogens is 322 g/mol. The fourth-order valence-corrected chi connectivity index (χ4v) is 3.96. The molecule has 130 valence electrons. The number of hydrogen-bond acceptors (Lipinski definition) is 4. The Bertz CT molecular complexity index is 1010. The van der Waals surface area contributed by atoms with Crippen LogP contribution in [-0.4, -0.2) is 17.5 Å². The number of nitrogens with one attached hydrogen (secondary N) is 1. The average molecular weight is 343 g/mol. The molecule has 0 fully saturated rings. The third-order valence-corrected chi connectivity index (χ3v) is 5.26. The van der Waals surface area contributed by atoms with Crippen LogP contribution >= 0.6 is 0 Å². The number of carbonyl (C=O) groups is 1. The number of hydrogen-bond donors (Lipinski definition) is 2. The number of pyridine rings is 1. The number of aromatic nitrogens is 1. The first-order valence-electron chi connectivity index (χ1n) is 9.03. The molecule has 0 saturated heterocycles. The standard InChI is InChI=1S/C22H21N3O/c23-12-18-19(24)10-11-20-21(18)16-4-2-1-3-5-17(16)22(25-20)15-8-6-14(13-26)7-9-15/h6-13,23H,1-5,24H2. The second kappa shape index (κ2) is 6.71. The van der Waals surface area contributed by atoms with Crippen molar-refractivity contribution in [3.8, 4) is 11.3 Å². The van der Waals surface area contributed by atoms with E-state index in [0.29, 0.717) is 11.3 Å². The predicted molar refractivity (Wildman–Crippen MR) is 106 cm³/mol. The minimum atomic E-state index is 0.629. The fraction of sp³-hybridized carbons (Fsp3) is 0.227. The third-order valence-electron chi connectivity index (χ3n) is 5.26. The minimum absolute atomic E-state index is 0.629. The van der Waals surface area contributed by atoms with Gasteiger partial charge < -0.3 is 11.1 Å². The summed E-state index contributed by atoms with van der Waals surface area (Å²) in [5.41, 5.74) is 13.7. The molecule has 0 unspecified atom stereocenters. The Morgan fingerprint density at radius 3 is 2.38 bits per heavy atom. The van der Waals surface area contributed by atoms with Gasteiger partial charge in [-0.05, 0) is 48.9 Å². The fourth-order valence-electron chi connectivity index (χ4n) is 3.96. The second-order valence-electron chi connectivity index (χ2n) is 6.82. The largest absolute Gasteiger partial charge is 0.398 e. The summed E-state index contributed by atoms with van der Waals surface area (Å²) < 4.78 is 0. The monoisotopic (exact) mass is 343 g/mol. The van der Waals surface area contributed by atoms with Crippen LogP contribution < -0.4 is 5.73 Å². The lowest BCUT2D eigenvalue weighted by Crippen LogP contribution is -2.04. The van der Waals surface area contributed by atoms with Gasteiger partial charge >= 0.3 is 0 Å². The summed E-state index contributed by atoms with van der Waals surface area (Å²) in [4.78, 5) is 15.9. The van der Waals surface area contributed by atoms with Crippen LogP contribution in [0.4, 0.5) is 5.69 Å². The van der Waals surface area contributed by atoms with Gasteiger partial charge in [-0.2, -0.15) is 0 Å². The number of rotatable bonds is 3. The van der Waals surface area contributed by atoms with Crippen LogP contribution in [0.2, 0.25) is 0 Å². The Morgan fingerprint density at radius 2 is 1.69 bits per heavy atom. The van der Waals surface area contributed by atoms with Crippen molar-refractivity contribution in [1.82, 2.24) is 4.98 Å². The summed E-state index contributed by atoms with van der Waals surface area (Å²) in [7, 11) is 0. The molecule has 2 aromatic carbocycles. The van der Waals surface area contributed by atoms with E-state index in [1.54, 1.807) is 0 Å². The van der Waals surface area contributed by atoms with E-state index in [9.17, 15) is 4.79 Å². The topological polar surface area (TPSA) is 79.8 Å². The van der Waals surface area contributed by atoms with Crippen molar-refractivity contribution in [3.63, 3.8) is 0 Å². The van der Waals surface area contributed by atoms with E-state index in [4.69, 9.17) is 16.1 Å². The maximum Gasteiger partial charge on any atom is 0.150 e. The van der Waals surface area contributed by atoms with Crippen LogP contribution in [0, 0.1) is 5.41 Å². The Balaban J connectivity index is 2.04. The van der Waals surface area contributed by atoms with Crippen molar-refractivity contribution < 1.29 is 4.79 Å². The van der Waals surface area contributed by atoms with E-state index in [-0.39, 0.29) is 0 Å². The molecule has 0 radical (unpaired) electrons. The molecule has 0 spiro atoms. The molecule has 3 aromatic rings. The maximum atomic E-state index is 11.0. The summed E-state index contributed by atoms with van der Waals surface area (Å²) in [6.07, 6.45) is 7.65. The normalized spacial score (nSPS) is 13.8. The summed E-state index contributed by atoms with van der Waals surface area (Å²) in [5, 5.41) is 8.87. The predicted octanol–water partition coefficient (Wildman–Crippen LogP) is 4.56. The van der Waals surface area contributed by atoms with Gasteiger partial charge in [0, 0.05) is 34.0 Å². The molecule has 1 aliphatic carbocycles. The number of carbonyl (C=O) groups excluding carboxylic acids is 1. The van der Waals surface area contributed by atoms with Crippen molar-refractivity contribution in [2.45, 2.75) is 32.1 Å². The van der Waals surface area contributed by atoms with Crippen LogP contribution in [-0.2, 0) is 12.8 Å². The zero-order valence-electron chi connectivity index (χ0n) is 14.6. The Morgan fingerprint density at radius 1 is 0.962 bits per heavy atom. The van der Waals surface area contributed by atoms with Gasteiger partial charge in [-0.3, -0.25) is 4.79 Å². The van der Waals surface area contributed by atoms with E-state index in [1.807, 2.05) is 36.4 Å². The van der Waals surface area contributed by atoms with Gasteiger partial charge in [0.05, 0.1) is 11.2 Å². The van der Waals surface area contributed by atoms with Crippen LogP contribution in [0.5, 0.6) is 0 Å². The maximum absolute atomic E-state index is 11.0. The van der Waals surface area contributed by atoms with Crippen LogP contribution in [0.3, 0.4) is 0 Å². The van der Waals surface area contributed by atoms with Gasteiger partial charge in [0.25, 0.3) is 0 Å². The molecular formula is C22H21N3O. The van der Waals surface area contributed by atoms with Gasteiger partial charge in [0.15, 0.2) is 0 Å². The summed E-state index contributed by atoms with van der Waals surface area (Å²) >= 11 is 0. The number of fused-ring (bicyclic) bond motifs is 3. The van der Waals surface area contributed by atoms with Crippen molar-refractivity contribution in [3.05, 3.63) is 58.7 Å². The van der Waals surface area contributed by atoms with E-state index in [0.717, 1.165) is 59.7 Å². The lowest BCUT2D eigenvalue weighted by atomic mass is 9.91. The number of nitrogen functional groups attached to an aromatic ring is 1. The first kappa shape index (κ1) is 16.5. The van der Waals surface area contributed by atoms with E-state index in [2.05, 4.69) is 0 Å². The van der Waals surface area contributed by atoms with Gasteiger partial charge in [-0.1, -0.05) is 30.7 Å². The molecule has 0 atom stereocenters. The smallest absolute Gasteiger partial charge is 0.150 e. The number of aldehydes is 1. The Labute approximate surface area is 152 Å². The molecule has 26 heavy (non-hydrogen) atoms. The molecule has 3 N–H and O–H groups in total. The number of anilines is 1. The average Bonchev–Trinajstić information content (AvgIpc) is 2.93. The first-order chi connectivity index (χ1) is 12.7. The van der Waals surface area contributed by atoms with Crippen molar-refractivity contribution in [1.29, 1.82) is 5.41 Å². The van der Waals surface area contributed by atoms with E-state index in [1.165, 1.54) is 23.8 Å². The van der Waals surface area contributed by atoms with Crippen molar-refractivity contribution in [2.24, 2.45) is 0 Å². The van der Waals surface area contributed by atoms with Crippen LogP contribution in [0.15, 0.2) is 36.4 Å². The quantitative estimate of drug-likeness (QED) is 0.316. The molecule has 0 amide bonds. The van der Waals surface area contributed by atoms with Gasteiger partial charge in [0.2, 0.25) is 0 Å². The number of nitrogens with two attached hydrogens (primary N) is 1. The number of aryl methyl sites for hydroxylation is 1. The lowest BCUT2D eigenvalue weighted by Gasteiger charge is -2.17. The Kier molecular flexibility index (Phi) is 4.25. The second-order valence-corrected chi connectivity index (χ2v) is 6.82. The van der Waals surface area contributed by atoms with E-state index < -0.39 is 0 Å². The number of nitrogens with zero attached hydrogens (tertiary/aromatic N) is 1. The van der Waals surface area contributed by atoms with Crippen molar-refractivity contribution >= 4 is 29.1 Å². The highest BCUT2D eigenvalue weighted by molar-refractivity contribution is 6.05. The van der Waals surface area contributed by atoms with Crippen LogP contribution in [0.1, 0.15) is 46.3 Å². The molecule has 1 aliphatic rings.